The van der Waals surface area contributed by atoms with Gasteiger partial charge in [0.2, 0.25) is 5.91 Å². The number of aliphatic hydroxyl groups excluding tert-OH is 2. The van der Waals surface area contributed by atoms with Crippen molar-refractivity contribution in [2.45, 2.75) is 19.1 Å². The van der Waals surface area contributed by atoms with Gasteiger partial charge in [-0.15, -0.1) is 0 Å². The molecule has 0 saturated carbocycles. The Kier molecular flexibility index (Phi) is 2.96. The summed E-state index contributed by atoms with van der Waals surface area (Å²) < 4.78 is 0. The highest BCUT2D eigenvalue weighted by Crippen LogP contribution is 2.44. The van der Waals surface area contributed by atoms with Crippen LogP contribution in [0.25, 0.3) is 0 Å². The molecule has 0 aromatic heterocycles. The van der Waals surface area contributed by atoms with Crippen molar-refractivity contribution in [3.8, 4) is 0 Å². The van der Waals surface area contributed by atoms with Crippen molar-refractivity contribution in [1.82, 2.24) is 5.32 Å². The van der Waals surface area contributed by atoms with Crippen LogP contribution in [-0.4, -0.2) is 34.1 Å². The van der Waals surface area contributed by atoms with Crippen LogP contribution in [0, 0.1) is 11.3 Å². The lowest BCUT2D eigenvalue weighted by Gasteiger charge is -2.38. The molecule has 1 heterocycles. The summed E-state index contributed by atoms with van der Waals surface area (Å²) >= 11 is 0. The number of carbonyl (C=O) groups excluding carboxylic acids is 2. The van der Waals surface area contributed by atoms with Crippen LogP contribution in [0.4, 0.5) is 0 Å². The summed E-state index contributed by atoms with van der Waals surface area (Å²) in [6.07, 6.45) is 3.59. The van der Waals surface area contributed by atoms with E-state index in [2.05, 4.69) is 11.9 Å². The van der Waals surface area contributed by atoms with E-state index in [1.54, 1.807) is 25.2 Å². The topological polar surface area (TPSA) is 86.6 Å². The second-order valence-electron chi connectivity index (χ2n) is 4.50. The summed E-state index contributed by atoms with van der Waals surface area (Å²) in [6.45, 7) is 5.22. The highest BCUT2D eigenvalue weighted by Gasteiger charge is 2.62. The third-order valence-corrected chi connectivity index (χ3v) is 3.52. The number of allylic oxidation sites excluding steroid dienone is 4. The molecule has 1 saturated heterocycles. The van der Waals surface area contributed by atoms with E-state index in [0.717, 1.165) is 0 Å². The molecule has 3 N–H and O–H groups in total. The monoisotopic (exact) mass is 249 g/mol. The third-order valence-electron chi connectivity index (χ3n) is 3.52. The van der Waals surface area contributed by atoms with Gasteiger partial charge in [-0.2, -0.15) is 0 Å². The molecule has 2 rings (SSSR count). The molecule has 96 valence electrons. The lowest BCUT2D eigenvalue weighted by molar-refractivity contribution is -0.151. The van der Waals surface area contributed by atoms with E-state index in [9.17, 15) is 19.8 Å². The van der Waals surface area contributed by atoms with Crippen LogP contribution in [-0.2, 0) is 9.59 Å². The van der Waals surface area contributed by atoms with E-state index in [1.165, 1.54) is 6.08 Å². The molecule has 0 bridgehead atoms. The van der Waals surface area contributed by atoms with Gasteiger partial charge in [-0.3, -0.25) is 9.59 Å². The molecule has 0 aromatic rings. The molecule has 5 heteroatoms. The van der Waals surface area contributed by atoms with Crippen LogP contribution in [0.2, 0.25) is 0 Å². The van der Waals surface area contributed by atoms with E-state index < -0.39 is 35.2 Å². The number of rotatable bonds is 1. The van der Waals surface area contributed by atoms with Gasteiger partial charge in [0.15, 0.2) is 11.2 Å². The first-order valence-electron chi connectivity index (χ1n) is 5.68. The number of Topliss-reactive ketones (excluding diaryl/α,β-unsaturated/α-hetero) is 1. The standard InChI is InChI=1S/C13H15NO4/c1-3-4-8-5-6-9(15)11(17)13(8)10(16)7(2)14-12(13)18/h3-6,8-9,11,15,17H,2H2,1H3,(H,14,18). The number of nitrogens with one attached hydrogen (secondary N) is 1. The maximum absolute atomic E-state index is 12.2. The Labute approximate surface area is 104 Å². The van der Waals surface area contributed by atoms with Crippen molar-refractivity contribution in [3.05, 3.63) is 36.6 Å². The van der Waals surface area contributed by atoms with Crippen molar-refractivity contribution in [1.29, 1.82) is 0 Å². The van der Waals surface area contributed by atoms with Gasteiger partial charge >= 0.3 is 0 Å². The van der Waals surface area contributed by atoms with Gasteiger partial charge < -0.3 is 15.5 Å². The Balaban J connectivity index is 2.62. The van der Waals surface area contributed by atoms with Gasteiger partial charge in [-0.25, -0.2) is 0 Å². The number of amides is 1. The molecule has 4 unspecified atom stereocenters. The SMILES string of the molecule is C=C1NC(=O)C2(C1=O)C(C=CC)C=CC(O)C2O. The van der Waals surface area contributed by atoms with Gasteiger partial charge in [0.25, 0.3) is 0 Å². The first-order chi connectivity index (χ1) is 8.46. The summed E-state index contributed by atoms with van der Waals surface area (Å²) in [4.78, 5) is 24.3. The molecule has 4 atom stereocenters. The molecule has 0 aromatic carbocycles. The lowest BCUT2D eigenvalue weighted by Crippen LogP contribution is -2.56. The van der Waals surface area contributed by atoms with Crippen molar-refractivity contribution < 1.29 is 19.8 Å². The van der Waals surface area contributed by atoms with Gasteiger partial charge in [0.05, 0.1) is 11.8 Å². The van der Waals surface area contributed by atoms with Crippen molar-refractivity contribution in [2.24, 2.45) is 11.3 Å². The number of aliphatic hydroxyl groups is 2. The molecule has 18 heavy (non-hydrogen) atoms. The summed E-state index contributed by atoms with van der Waals surface area (Å²) in [5.74, 6) is -1.77. The second kappa shape index (κ2) is 4.19. The van der Waals surface area contributed by atoms with Crippen molar-refractivity contribution in [3.63, 3.8) is 0 Å². The van der Waals surface area contributed by atoms with Crippen LogP contribution < -0.4 is 5.32 Å². The van der Waals surface area contributed by atoms with Crippen LogP contribution >= 0.6 is 0 Å². The van der Waals surface area contributed by atoms with E-state index in [-0.39, 0.29) is 5.70 Å². The largest absolute Gasteiger partial charge is 0.388 e. The Hall–Kier alpha value is -1.72. The first kappa shape index (κ1) is 12.7. The van der Waals surface area contributed by atoms with E-state index in [4.69, 9.17) is 0 Å². The predicted molar refractivity (Wildman–Crippen MR) is 64.2 cm³/mol. The fraction of sp³-hybridized carbons (Fsp3) is 0.385. The quantitative estimate of drug-likeness (QED) is 0.337. The summed E-state index contributed by atoms with van der Waals surface area (Å²) in [6, 6.07) is 0. The Morgan fingerprint density at radius 3 is 2.56 bits per heavy atom. The van der Waals surface area contributed by atoms with Gasteiger partial charge in [-0.1, -0.05) is 30.9 Å². The molecule has 1 aliphatic carbocycles. The molecule has 1 amide bonds. The van der Waals surface area contributed by atoms with Crippen LogP contribution in [0.5, 0.6) is 0 Å². The van der Waals surface area contributed by atoms with E-state index in [0.29, 0.717) is 0 Å². The number of hydrogen-bond acceptors (Lipinski definition) is 4. The minimum Gasteiger partial charge on any atom is -0.388 e. The summed E-state index contributed by atoms with van der Waals surface area (Å²) in [5.41, 5.74) is -1.74. The first-order valence-corrected chi connectivity index (χ1v) is 5.68. The maximum Gasteiger partial charge on any atom is 0.242 e. The third kappa shape index (κ3) is 1.41. The predicted octanol–water partition coefficient (Wildman–Crippen LogP) is -0.331. The number of hydrogen-bond donors (Lipinski definition) is 3. The molecule has 0 radical (unpaired) electrons. The molecular weight excluding hydrogens is 234 g/mol. The average molecular weight is 249 g/mol. The number of carbonyl (C=O) groups is 2. The zero-order valence-corrected chi connectivity index (χ0v) is 9.96. The zero-order valence-electron chi connectivity index (χ0n) is 9.96. The van der Waals surface area contributed by atoms with Crippen LogP contribution in [0.3, 0.4) is 0 Å². The second-order valence-corrected chi connectivity index (χ2v) is 4.50. The highest BCUT2D eigenvalue weighted by atomic mass is 16.3. The van der Waals surface area contributed by atoms with Crippen molar-refractivity contribution in [2.75, 3.05) is 0 Å². The highest BCUT2D eigenvalue weighted by molar-refractivity contribution is 6.21. The smallest absolute Gasteiger partial charge is 0.242 e. The van der Waals surface area contributed by atoms with Crippen molar-refractivity contribution >= 4 is 11.7 Å². The molecule has 1 fully saturated rings. The fourth-order valence-electron chi connectivity index (χ4n) is 2.60. The van der Waals surface area contributed by atoms with Gasteiger partial charge in [0.1, 0.15) is 6.10 Å². The summed E-state index contributed by atoms with van der Waals surface area (Å²) in [7, 11) is 0. The molecule has 1 aliphatic heterocycles. The minimum atomic E-state index is -1.70. The van der Waals surface area contributed by atoms with Gasteiger partial charge in [0, 0.05) is 5.92 Å². The zero-order chi connectivity index (χ0) is 13.5. The minimum absolute atomic E-state index is 0.0453. The van der Waals surface area contributed by atoms with Crippen LogP contribution in [0.1, 0.15) is 6.92 Å². The fourth-order valence-corrected chi connectivity index (χ4v) is 2.60. The molecule has 5 nitrogen and oxygen atoms in total. The Morgan fingerprint density at radius 2 is 2.06 bits per heavy atom. The number of ketones is 1. The Bertz CT molecular complexity index is 479. The lowest BCUT2D eigenvalue weighted by atomic mass is 9.64. The van der Waals surface area contributed by atoms with E-state index in [1.807, 2.05) is 0 Å². The van der Waals surface area contributed by atoms with Crippen LogP contribution in [0.15, 0.2) is 36.6 Å². The average Bonchev–Trinajstić information content (AvgIpc) is 2.54. The molecule has 1 spiro atoms. The molecular formula is C13H15NO4. The Morgan fingerprint density at radius 1 is 1.39 bits per heavy atom. The summed E-state index contributed by atoms with van der Waals surface area (Å²) in [5, 5.41) is 22.2. The van der Waals surface area contributed by atoms with Gasteiger partial charge in [-0.05, 0) is 6.92 Å². The normalized spacial score (nSPS) is 39.9. The molecule has 2 aliphatic rings. The van der Waals surface area contributed by atoms with E-state index >= 15 is 0 Å². The maximum atomic E-state index is 12.2.